The highest BCUT2D eigenvalue weighted by Gasteiger charge is 2.48. The summed E-state index contributed by atoms with van der Waals surface area (Å²) in [5.41, 5.74) is -1.01. The van der Waals surface area contributed by atoms with Crippen LogP contribution in [0.5, 0.6) is 5.75 Å². The van der Waals surface area contributed by atoms with E-state index in [0.717, 1.165) is 0 Å². The summed E-state index contributed by atoms with van der Waals surface area (Å²) in [6.45, 7) is 6.46. The predicted octanol–water partition coefficient (Wildman–Crippen LogP) is 3.82. The van der Waals surface area contributed by atoms with E-state index < -0.39 is 41.0 Å². The molecule has 1 aromatic rings. The quantitative estimate of drug-likeness (QED) is 0.579. The predicted molar refractivity (Wildman–Crippen MR) is 102 cm³/mol. The number of para-hydroxylation sites is 1. The van der Waals surface area contributed by atoms with E-state index in [1.165, 1.54) is 30.0 Å². The normalized spacial score (nSPS) is 15.7. The molecule has 0 atom stereocenters. The Kier molecular flexibility index (Phi) is 6.50. The fourth-order valence-corrected chi connectivity index (χ4v) is 3.07. The van der Waals surface area contributed by atoms with Crippen LogP contribution < -0.4 is 5.32 Å². The Labute approximate surface area is 168 Å². The highest BCUT2D eigenvalue weighted by Crippen LogP contribution is 2.36. The number of nitrogens with zero attached hydrogens (tertiary/aromatic N) is 1. The van der Waals surface area contributed by atoms with Crippen LogP contribution in [0.25, 0.3) is 0 Å². The van der Waals surface area contributed by atoms with E-state index in [2.05, 4.69) is 0 Å². The van der Waals surface area contributed by atoms with E-state index in [0.29, 0.717) is 0 Å². The van der Waals surface area contributed by atoms with Crippen LogP contribution in [0.15, 0.2) is 18.2 Å². The summed E-state index contributed by atoms with van der Waals surface area (Å²) < 4.78 is 34.6. The van der Waals surface area contributed by atoms with Crippen molar-refractivity contribution in [1.29, 1.82) is 0 Å². The molecule has 1 fully saturated rings. The summed E-state index contributed by atoms with van der Waals surface area (Å²) in [7, 11) is 0. The second-order valence-corrected chi connectivity index (χ2v) is 8.08. The van der Waals surface area contributed by atoms with Gasteiger partial charge in [0.25, 0.3) is 5.91 Å². The standard InChI is InChI=1S/C20H26F2N2O5/c1-12(25)14-6-5-7-15(16(14)26)23-17(27)20(21,22)13-8-10-24(11-9-13)18(28)29-19(2,3)4/h5-7,13,26H,8-11H2,1-4H3,(H,23,27). The van der Waals surface area contributed by atoms with Gasteiger partial charge in [-0.2, -0.15) is 8.78 Å². The Morgan fingerprint density at radius 2 is 1.76 bits per heavy atom. The van der Waals surface area contributed by atoms with Crippen LogP contribution in [-0.2, 0) is 9.53 Å². The first-order chi connectivity index (χ1) is 13.3. The van der Waals surface area contributed by atoms with Crippen LogP contribution in [0, 0.1) is 5.92 Å². The number of phenolic OH excluding ortho intramolecular Hbond substituents is 1. The summed E-state index contributed by atoms with van der Waals surface area (Å²) in [5.74, 6) is -7.55. The summed E-state index contributed by atoms with van der Waals surface area (Å²) in [6, 6.07) is 3.95. The Balaban J connectivity index is 2.03. The highest BCUT2D eigenvalue weighted by molar-refractivity contribution is 6.02. The minimum atomic E-state index is -3.71. The Morgan fingerprint density at radius 3 is 2.28 bits per heavy atom. The van der Waals surface area contributed by atoms with Crippen molar-refractivity contribution in [1.82, 2.24) is 4.90 Å². The van der Waals surface area contributed by atoms with E-state index in [4.69, 9.17) is 4.74 Å². The molecule has 0 radical (unpaired) electrons. The summed E-state index contributed by atoms with van der Waals surface area (Å²) in [5, 5.41) is 12.0. The number of piperidine rings is 1. The molecule has 0 saturated carbocycles. The number of carbonyl (C=O) groups excluding carboxylic acids is 3. The van der Waals surface area contributed by atoms with Gasteiger partial charge >= 0.3 is 12.0 Å². The Hall–Kier alpha value is -2.71. The van der Waals surface area contributed by atoms with Crippen LogP contribution in [-0.4, -0.2) is 52.4 Å². The molecule has 2 amide bonds. The van der Waals surface area contributed by atoms with Gasteiger partial charge in [-0.15, -0.1) is 0 Å². The number of Topliss-reactive ketones (excluding diaryl/α,β-unsaturated/α-hetero) is 1. The lowest BCUT2D eigenvalue weighted by molar-refractivity contribution is -0.150. The SMILES string of the molecule is CC(=O)c1cccc(NC(=O)C(F)(F)C2CCN(C(=O)OC(C)(C)C)CC2)c1O. The monoisotopic (exact) mass is 412 g/mol. The van der Waals surface area contributed by atoms with Gasteiger partial charge in [0.05, 0.1) is 11.3 Å². The van der Waals surface area contributed by atoms with Crippen molar-refractivity contribution in [3.8, 4) is 5.75 Å². The van der Waals surface area contributed by atoms with Crippen LogP contribution in [0.2, 0.25) is 0 Å². The van der Waals surface area contributed by atoms with Crippen LogP contribution in [0.4, 0.5) is 19.3 Å². The Morgan fingerprint density at radius 1 is 1.17 bits per heavy atom. The number of halogens is 2. The molecule has 1 aromatic carbocycles. The largest absolute Gasteiger partial charge is 0.505 e. The number of hydrogen-bond acceptors (Lipinski definition) is 5. The Bertz CT molecular complexity index is 797. The lowest BCUT2D eigenvalue weighted by Crippen LogP contribution is -2.49. The number of phenols is 1. The van der Waals surface area contributed by atoms with Crippen molar-refractivity contribution in [2.24, 2.45) is 5.92 Å². The van der Waals surface area contributed by atoms with Gasteiger partial charge in [0, 0.05) is 19.0 Å². The van der Waals surface area contributed by atoms with Gasteiger partial charge < -0.3 is 20.1 Å². The van der Waals surface area contributed by atoms with Crippen molar-refractivity contribution < 1.29 is 33.0 Å². The number of nitrogens with one attached hydrogen (secondary N) is 1. The van der Waals surface area contributed by atoms with Gasteiger partial charge in [0.2, 0.25) is 0 Å². The van der Waals surface area contributed by atoms with E-state index in [1.54, 1.807) is 20.8 Å². The zero-order valence-corrected chi connectivity index (χ0v) is 16.9. The number of likely N-dealkylation sites (tertiary alicyclic amines) is 1. The first-order valence-corrected chi connectivity index (χ1v) is 9.33. The molecule has 1 saturated heterocycles. The third-order valence-electron chi connectivity index (χ3n) is 4.63. The van der Waals surface area contributed by atoms with Crippen molar-refractivity contribution in [3.63, 3.8) is 0 Å². The second-order valence-electron chi connectivity index (χ2n) is 8.08. The number of carbonyl (C=O) groups is 3. The highest BCUT2D eigenvalue weighted by atomic mass is 19.3. The van der Waals surface area contributed by atoms with Crippen molar-refractivity contribution >= 4 is 23.5 Å². The van der Waals surface area contributed by atoms with Gasteiger partial charge in [-0.1, -0.05) is 6.07 Å². The molecule has 9 heteroatoms. The van der Waals surface area contributed by atoms with Crippen molar-refractivity contribution in [3.05, 3.63) is 23.8 Å². The van der Waals surface area contributed by atoms with Gasteiger partial charge in [0.15, 0.2) is 5.78 Å². The average Bonchev–Trinajstić information content (AvgIpc) is 2.61. The summed E-state index contributed by atoms with van der Waals surface area (Å²) in [6.07, 6.45) is -0.715. The van der Waals surface area contributed by atoms with Gasteiger partial charge in [0.1, 0.15) is 11.4 Å². The number of benzene rings is 1. The number of aromatic hydroxyl groups is 1. The maximum atomic E-state index is 14.7. The molecule has 1 aliphatic rings. The number of rotatable bonds is 4. The molecule has 160 valence electrons. The molecular weight excluding hydrogens is 386 g/mol. The third kappa shape index (κ3) is 5.42. The molecule has 0 aliphatic carbocycles. The van der Waals surface area contributed by atoms with Gasteiger partial charge in [-0.3, -0.25) is 9.59 Å². The van der Waals surface area contributed by atoms with E-state index in [-0.39, 0.29) is 37.2 Å². The van der Waals surface area contributed by atoms with E-state index in [1.807, 2.05) is 5.32 Å². The topological polar surface area (TPSA) is 95.9 Å². The minimum absolute atomic E-state index is 0.0491. The molecule has 0 spiro atoms. The lowest BCUT2D eigenvalue weighted by atomic mass is 9.90. The van der Waals surface area contributed by atoms with E-state index in [9.17, 15) is 28.3 Å². The average molecular weight is 412 g/mol. The van der Waals surface area contributed by atoms with Crippen molar-refractivity contribution in [2.45, 2.75) is 52.1 Å². The fraction of sp³-hybridized carbons (Fsp3) is 0.550. The van der Waals surface area contributed by atoms with Gasteiger partial charge in [-0.05, 0) is 52.7 Å². The van der Waals surface area contributed by atoms with E-state index >= 15 is 0 Å². The number of ketones is 1. The number of ether oxygens (including phenoxy) is 1. The summed E-state index contributed by atoms with van der Waals surface area (Å²) in [4.78, 5) is 37.1. The number of alkyl halides is 2. The number of anilines is 1. The molecule has 2 rings (SSSR count). The first-order valence-electron chi connectivity index (χ1n) is 9.33. The van der Waals surface area contributed by atoms with Crippen molar-refractivity contribution in [2.75, 3.05) is 18.4 Å². The molecule has 0 aromatic heterocycles. The van der Waals surface area contributed by atoms with Gasteiger partial charge in [-0.25, -0.2) is 4.79 Å². The second kappa shape index (κ2) is 8.34. The molecule has 7 nitrogen and oxygen atoms in total. The molecule has 0 bridgehead atoms. The smallest absolute Gasteiger partial charge is 0.410 e. The molecular formula is C20H26F2N2O5. The molecule has 1 heterocycles. The zero-order valence-electron chi connectivity index (χ0n) is 16.9. The summed E-state index contributed by atoms with van der Waals surface area (Å²) >= 11 is 0. The third-order valence-corrected chi connectivity index (χ3v) is 4.63. The maximum absolute atomic E-state index is 14.7. The first kappa shape index (κ1) is 22.6. The molecule has 2 N–H and O–H groups in total. The maximum Gasteiger partial charge on any atom is 0.410 e. The minimum Gasteiger partial charge on any atom is -0.505 e. The lowest BCUT2D eigenvalue weighted by Gasteiger charge is -2.35. The molecule has 0 unspecified atom stereocenters. The number of amides is 2. The fourth-order valence-electron chi connectivity index (χ4n) is 3.07. The van der Waals surface area contributed by atoms with Crippen LogP contribution >= 0.6 is 0 Å². The van der Waals surface area contributed by atoms with Crippen LogP contribution in [0.3, 0.4) is 0 Å². The van der Waals surface area contributed by atoms with Crippen LogP contribution in [0.1, 0.15) is 50.9 Å². The molecule has 1 aliphatic heterocycles. The molecule has 29 heavy (non-hydrogen) atoms. The zero-order chi connectivity index (χ0) is 22.0. The number of hydrogen-bond donors (Lipinski definition) is 2.